The predicted octanol–water partition coefficient (Wildman–Crippen LogP) is 1.83. The molecule has 2 heterocycles. The standard InChI is InChI=1S/C12H15N5O2S.ClH/c1-6(13)10-15-9(7-3-4-7)16-17(10)12-14-5-8(20-12)11(18)19-2;/h5-7H,3-4,13H2,1-2H3;1H/t6-;/m0./s1. The molecule has 0 amide bonds. The maximum absolute atomic E-state index is 11.5. The van der Waals surface area contributed by atoms with Gasteiger partial charge in [0.2, 0.25) is 5.13 Å². The van der Waals surface area contributed by atoms with Crippen molar-refractivity contribution in [1.29, 1.82) is 0 Å². The maximum atomic E-state index is 11.5. The molecule has 0 unspecified atom stereocenters. The lowest BCUT2D eigenvalue weighted by molar-refractivity contribution is 0.0606. The second-order valence-electron chi connectivity index (χ2n) is 4.80. The Labute approximate surface area is 131 Å². The number of rotatable bonds is 4. The van der Waals surface area contributed by atoms with Crippen molar-refractivity contribution in [2.24, 2.45) is 5.73 Å². The molecule has 2 aromatic heterocycles. The van der Waals surface area contributed by atoms with Crippen LogP contribution in [0.2, 0.25) is 0 Å². The number of nitrogens with two attached hydrogens (primary N) is 1. The van der Waals surface area contributed by atoms with Crippen LogP contribution in [-0.4, -0.2) is 32.8 Å². The molecule has 21 heavy (non-hydrogen) atoms. The SMILES string of the molecule is COC(=O)c1cnc(-n2nc(C3CC3)nc2[C@H](C)N)s1.Cl. The molecule has 1 aliphatic carbocycles. The van der Waals surface area contributed by atoms with Crippen molar-refractivity contribution in [3.63, 3.8) is 0 Å². The maximum Gasteiger partial charge on any atom is 0.349 e. The predicted molar refractivity (Wildman–Crippen MR) is 80.2 cm³/mol. The van der Waals surface area contributed by atoms with E-state index >= 15 is 0 Å². The van der Waals surface area contributed by atoms with E-state index in [1.165, 1.54) is 24.6 Å². The smallest absolute Gasteiger partial charge is 0.349 e. The first-order valence-electron chi connectivity index (χ1n) is 6.37. The summed E-state index contributed by atoms with van der Waals surface area (Å²) < 4.78 is 6.31. The van der Waals surface area contributed by atoms with Crippen LogP contribution in [0.4, 0.5) is 0 Å². The summed E-state index contributed by atoms with van der Waals surface area (Å²) in [7, 11) is 1.34. The van der Waals surface area contributed by atoms with E-state index in [0.29, 0.717) is 21.8 Å². The van der Waals surface area contributed by atoms with E-state index in [-0.39, 0.29) is 18.4 Å². The van der Waals surface area contributed by atoms with E-state index < -0.39 is 5.97 Å². The summed E-state index contributed by atoms with van der Waals surface area (Å²) in [5, 5.41) is 5.06. The van der Waals surface area contributed by atoms with Gasteiger partial charge in [-0.1, -0.05) is 11.3 Å². The van der Waals surface area contributed by atoms with E-state index in [0.717, 1.165) is 18.7 Å². The number of aromatic nitrogens is 4. The third kappa shape index (κ3) is 3.07. The van der Waals surface area contributed by atoms with Crippen molar-refractivity contribution in [3.8, 4) is 5.13 Å². The third-order valence-corrected chi connectivity index (χ3v) is 4.01. The van der Waals surface area contributed by atoms with E-state index in [1.807, 2.05) is 6.92 Å². The minimum absolute atomic E-state index is 0. The van der Waals surface area contributed by atoms with Gasteiger partial charge < -0.3 is 10.5 Å². The van der Waals surface area contributed by atoms with Gasteiger partial charge in [-0.05, 0) is 19.8 Å². The molecule has 1 aliphatic rings. The van der Waals surface area contributed by atoms with Crippen LogP contribution >= 0.6 is 23.7 Å². The fourth-order valence-electron chi connectivity index (χ4n) is 1.85. The lowest BCUT2D eigenvalue weighted by atomic mass is 10.3. The van der Waals surface area contributed by atoms with Gasteiger partial charge in [-0.25, -0.2) is 14.8 Å². The molecule has 1 saturated carbocycles. The molecular weight excluding hydrogens is 314 g/mol. The van der Waals surface area contributed by atoms with Gasteiger partial charge in [0.15, 0.2) is 11.6 Å². The van der Waals surface area contributed by atoms with Gasteiger partial charge in [-0.3, -0.25) is 0 Å². The van der Waals surface area contributed by atoms with Crippen LogP contribution in [0.25, 0.3) is 5.13 Å². The fourth-order valence-corrected chi connectivity index (χ4v) is 2.64. The van der Waals surface area contributed by atoms with Crippen LogP contribution in [0.15, 0.2) is 6.20 Å². The summed E-state index contributed by atoms with van der Waals surface area (Å²) in [4.78, 5) is 20.6. The van der Waals surface area contributed by atoms with Crippen LogP contribution in [0.3, 0.4) is 0 Å². The molecule has 0 spiro atoms. The summed E-state index contributed by atoms with van der Waals surface area (Å²) in [6.07, 6.45) is 3.72. The van der Waals surface area contributed by atoms with Crippen molar-refractivity contribution < 1.29 is 9.53 Å². The summed E-state index contributed by atoms with van der Waals surface area (Å²) in [5.41, 5.74) is 5.94. The third-order valence-electron chi connectivity index (χ3n) is 3.06. The van der Waals surface area contributed by atoms with Gasteiger partial charge in [0, 0.05) is 5.92 Å². The lowest BCUT2D eigenvalue weighted by Gasteiger charge is -2.04. The molecule has 9 heteroatoms. The highest BCUT2D eigenvalue weighted by Crippen LogP contribution is 2.38. The largest absolute Gasteiger partial charge is 0.465 e. The van der Waals surface area contributed by atoms with Crippen LogP contribution < -0.4 is 5.73 Å². The summed E-state index contributed by atoms with van der Waals surface area (Å²) >= 11 is 1.21. The number of ether oxygens (including phenoxy) is 1. The molecule has 7 nitrogen and oxygen atoms in total. The van der Waals surface area contributed by atoms with Crippen molar-refractivity contribution in [2.45, 2.75) is 31.7 Å². The van der Waals surface area contributed by atoms with Crippen molar-refractivity contribution in [3.05, 3.63) is 22.7 Å². The molecule has 2 N–H and O–H groups in total. The molecule has 0 aliphatic heterocycles. The normalized spacial score (nSPS) is 15.4. The van der Waals surface area contributed by atoms with Crippen LogP contribution in [-0.2, 0) is 4.74 Å². The van der Waals surface area contributed by atoms with E-state index in [4.69, 9.17) is 5.73 Å². The number of nitrogens with zero attached hydrogens (tertiary/aromatic N) is 4. The Bertz CT molecular complexity index is 650. The Balaban J connectivity index is 0.00000161. The van der Waals surface area contributed by atoms with Gasteiger partial charge in [0.05, 0.1) is 19.3 Å². The number of methoxy groups -OCH3 is 1. The Kier molecular flexibility index (Phi) is 4.60. The zero-order valence-electron chi connectivity index (χ0n) is 11.6. The number of carbonyl (C=O) groups excluding carboxylic acids is 1. The average molecular weight is 330 g/mol. The Hall–Kier alpha value is -1.51. The van der Waals surface area contributed by atoms with Crippen LogP contribution in [0.5, 0.6) is 0 Å². The first-order valence-corrected chi connectivity index (χ1v) is 7.18. The Morgan fingerprint density at radius 1 is 1.57 bits per heavy atom. The first-order chi connectivity index (χ1) is 9.60. The molecule has 2 aromatic rings. The topological polar surface area (TPSA) is 95.9 Å². The summed E-state index contributed by atoms with van der Waals surface area (Å²) in [5.74, 6) is 1.51. The molecule has 0 aromatic carbocycles. The summed E-state index contributed by atoms with van der Waals surface area (Å²) in [6, 6.07) is -0.250. The molecule has 1 fully saturated rings. The average Bonchev–Trinajstić information content (AvgIpc) is 3.01. The molecule has 114 valence electrons. The minimum atomic E-state index is -0.404. The molecule has 0 saturated heterocycles. The fraction of sp³-hybridized carbons (Fsp3) is 0.500. The number of hydrogen-bond acceptors (Lipinski definition) is 7. The quantitative estimate of drug-likeness (QED) is 0.860. The first kappa shape index (κ1) is 15.9. The van der Waals surface area contributed by atoms with Gasteiger partial charge >= 0.3 is 5.97 Å². The zero-order valence-corrected chi connectivity index (χ0v) is 13.3. The highest BCUT2D eigenvalue weighted by Gasteiger charge is 2.30. The lowest BCUT2D eigenvalue weighted by Crippen LogP contribution is -2.13. The van der Waals surface area contributed by atoms with Crippen LogP contribution in [0, 0.1) is 0 Å². The highest BCUT2D eigenvalue weighted by atomic mass is 35.5. The van der Waals surface area contributed by atoms with E-state index in [1.54, 1.807) is 4.68 Å². The Morgan fingerprint density at radius 3 is 2.86 bits per heavy atom. The minimum Gasteiger partial charge on any atom is -0.465 e. The van der Waals surface area contributed by atoms with Gasteiger partial charge in [0.1, 0.15) is 4.88 Å². The molecule has 0 radical (unpaired) electrons. The van der Waals surface area contributed by atoms with Crippen molar-refractivity contribution in [1.82, 2.24) is 19.7 Å². The van der Waals surface area contributed by atoms with E-state index in [2.05, 4.69) is 19.8 Å². The molecule has 3 rings (SSSR count). The molecular formula is C12H16ClN5O2S. The van der Waals surface area contributed by atoms with Crippen molar-refractivity contribution in [2.75, 3.05) is 7.11 Å². The van der Waals surface area contributed by atoms with Gasteiger partial charge in [-0.15, -0.1) is 17.5 Å². The summed E-state index contributed by atoms with van der Waals surface area (Å²) in [6.45, 7) is 1.85. The van der Waals surface area contributed by atoms with Gasteiger partial charge in [-0.2, -0.15) is 4.68 Å². The van der Waals surface area contributed by atoms with Gasteiger partial charge in [0.25, 0.3) is 0 Å². The Morgan fingerprint density at radius 2 is 2.29 bits per heavy atom. The number of hydrogen-bond donors (Lipinski definition) is 1. The molecule has 1 atom stereocenters. The van der Waals surface area contributed by atoms with Crippen LogP contribution in [0.1, 0.15) is 53.0 Å². The van der Waals surface area contributed by atoms with E-state index in [9.17, 15) is 4.79 Å². The zero-order chi connectivity index (χ0) is 14.3. The number of halogens is 1. The molecule has 0 bridgehead atoms. The number of thiazole rings is 1. The van der Waals surface area contributed by atoms with Crippen molar-refractivity contribution >= 4 is 29.7 Å². The number of carbonyl (C=O) groups is 1. The monoisotopic (exact) mass is 329 g/mol. The second-order valence-corrected chi connectivity index (χ2v) is 5.81. The highest BCUT2D eigenvalue weighted by molar-refractivity contribution is 7.15. The second kappa shape index (κ2) is 6.08. The number of esters is 1.